The Balaban J connectivity index is 1.55. The number of piperazine rings is 1. The first-order valence-corrected chi connectivity index (χ1v) is 9.36. The first-order valence-electron chi connectivity index (χ1n) is 8.98. The van der Waals surface area contributed by atoms with Crippen molar-refractivity contribution in [1.29, 1.82) is 0 Å². The number of hydrogen-bond donors (Lipinski definition) is 1. The number of carbonyl (C=O) groups is 2. The van der Waals surface area contributed by atoms with Crippen LogP contribution in [0.1, 0.15) is 18.9 Å². The van der Waals surface area contributed by atoms with E-state index in [1.54, 1.807) is 12.1 Å². The first-order chi connectivity index (χ1) is 12.6. The van der Waals surface area contributed by atoms with Gasteiger partial charge >= 0.3 is 0 Å². The fourth-order valence-electron chi connectivity index (χ4n) is 3.11. The number of nitrogens with zero attached hydrogens (tertiary/aromatic N) is 2. The summed E-state index contributed by atoms with van der Waals surface area (Å²) < 4.78 is 5.68. The lowest BCUT2D eigenvalue weighted by Crippen LogP contribution is -2.51. The number of nitrogens with one attached hydrogen (secondary N) is 1. The van der Waals surface area contributed by atoms with Gasteiger partial charge in [-0.15, -0.1) is 0 Å². The zero-order valence-electron chi connectivity index (χ0n) is 15.0. The Morgan fingerprint density at radius 3 is 2.73 bits per heavy atom. The summed E-state index contributed by atoms with van der Waals surface area (Å²) in [5.41, 5.74) is 1.47. The molecular weight excluding hydrogens is 354 g/mol. The number of fused-ring (bicyclic) bond motifs is 1. The molecule has 3 rings (SSSR count). The van der Waals surface area contributed by atoms with Crippen LogP contribution >= 0.6 is 11.6 Å². The number of rotatable bonds is 5. The van der Waals surface area contributed by atoms with Crippen LogP contribution in [-0.4, -0.2) is 67.5 Å². The second kappa shape index (κ2) is 8.56. The van der Waals surface area contributed by atoms with Gasteiger partial charge in [0, 0.05) is 43.3 Å². The zero-order valence-corrected chi connectivity index (χ0v) is 15.7. The second-order valence-electron chi connectivity index (χ2n) is 6.56. The number of amides is 2. The Morgan fingerprint density at radius 1 is 1.23 bits per heavy atom. The van der Waals surface area contributed by atoms with Crippen LogP contribution in [0.15, 0.2) is 23.8 Å². The number of hydrogen-bond acceptors (Lipinski definition) is 4. The van der Waals surface area contributed by atoms with Gasteiger partial charge < -0.3 is 15.0 Å². The van der Waals surface area contributed by atoms with Crippen molar-refractivity contribution in [2.75, 3.05) is 45.9 Å². The van der Waals surface area contributed by atoms with Crippen molar-refractivity contribution in [3.63, 3.8) is 0 Å². The normalized spacial score (nSPS) is 17.2. The van der Waals surface area contributed by atoms with Gasteiger partial charge in [0.15, 0.2) is 0 Å². The highest BCUT2D eigenvalue weighted by Gasteiger charge is 2.26. The van der Waals surface area contributed by atoms with Crippen LogP contribution < -0.4 is 10.1 Å². The summed E-state index contributed by atoms with van der Waals surface area (Å²) >= 11 is 6.02. The molecule has 2 amide bonds. The summed E-state index contributed by atoms with van der Waals surface area (Å²) in [6.07, 6.45) is 2.79. The summed E-state index contributed by atoms with van der Waals surface area (Å²) in [7, 11) is 0. The molecule has 0 unspecified atom stereocenters. The van der Waals surface area contributed by atoms with E-state index in [1.165, 1.54) is 0 Å². The molecule has 1 N–H and O–H groups in total. The summed E-state index contributed by atoms with van der Waals surface area (Å²) in [5.74, 6) is 0.781. The Hall–Kier alpha value is -2.05. The fraction of sp³-hybridized carbons (Fsp3) is 0.474. The van der Waals surface area contributed by atoms with E-state index in [2.05, 4.69) is 10.2 Å². The predicted octanol–water partition coefficient (Wildman–Crippen LogP) is 1.79. The van der Waals surface area contributed by atoms with Crippen molar-refractivity contribution in [3.8, 4) is 5.75 Å². The highest BCUT2D eigenvalue weighted by Crippen LogP contribution is 2.29. The van der Waals surface area contributed by atoms with Crippen LogP contribution in [0.25, 0.3) is 6.08 Å². The third-order valence-corrected chi connectivity index (χ3v) is 4.79. The Kier molecular flexibility index (Phi) is 6.16. The summed E-state index contributed by atoms with van der Waals surface area (Å²) in [6.45, 7) is 6.01. The predicted molar refractivity (Wildman–Crippen MR) is 101 cm³/mol. The minimum atomic E-state index is -0.00860. The first kappa shape index (κ1) is 18.7. The minimum Gasteiger partial charge on any atom is -0.488 e. The molecule has 0 saturated carbocycles. The molecule has 1 fully saturated rings. The van der Waals surface area contributed by atoms with Crippen LogP contribution in [0.3, 0.4) is 0 Å². The summed E-state index contributed by atoms with van der Waals surface area (Å²) in [5, 5.41) is 3.50. The molecule has 2 aliphatic heterocycles. The van der Waals surface area contributed by atoms with Gasteiger partial charge in [0.2, 0.25) is 5.91 Å². The van der Waals surface area contributed by atoms with Gasteiger partial charge in [-0.05, 0) is 30.7 Å². The summed E-state index contributed by atoms with van der Waals surface area (Å²) in [6, 6.07) is 5.39. The Morgan fingerprint density at radius 2 is 2.00 bits per heavy atom. The van der Waals surface area contributed by atoms with E-state index in [1.807, 2.05) is 24.0 Å². The van der Waals surface area contributed by atoms with E-state index in [9.17, 15) is 9.59 Å². The monoisotopic (exact) mass is 377 g/mol. The standard InChI is InChI=1S/C19H24ClN3O3/c1-2-5-21-18(24)12-22-6-8-23(9-7-22)19(25)15-10-14-11-16(20)3-4-17(14)26-13-15/h3-4,10-11H,2,5-9,12-13H2,1H3,(H,21,24). The molecule has 0 spiro atoms. The van der Waals surface area contributed by atoms with Crippen molar-refractivity contribution in [2.45, 2.75) is 13.3 Å². The number of benzene rings is 1. The van der Waals surface area contributed by atoms with E-state index in [-0.39, 0.29) is 18.4 Å². The third-order valence-electron chi connectivity index (χ3n) is 4.56. The molecule has 140 valence electrons. The Bertz CT molecular complexity index is 712. The lowest BCUT2D eigenvalue weighted by atomic mass is 10.1. The zero-order chi connectivity index (χ0) is 18.5. The highest BCUT2D eigenvalue weighted by atomic mass is 35.5. The van der Waals surface area contributed by atoms with Crippen molar-refractivity contribution in [1.82, 2.24) is 15.1 Å². The minimum absolute atomic E-state index is 0.00860. The van der Waals surface area contributed by atoms with Gasteiger partial charge in [0.25, 0.3) is 5.91 Å². The lowest BCUT2D eigenvalue weighted by molar-refractivity contribution is -0.129. The fourth-order valence-corrected chi connectivity index (χ4v) is 3.29. The maximum atomic E-state index is 12.8. The molecule has 2 heterocycles. The molecule has 6 nitrogen and oxygen atoms in total. The van der Waals surface area contributed by atoms with Crippen LogP contribution in [-0.2, 0) is 9.59 Å². The van der Waals surface area contributed by atoms with Gasteiger partial charge in [-0.2, -0.15) is 0 Å². The average Bonchev–Trinajstić information content (AvgIpc) is 2.65. The van der Waals surface area contributed by atoms with Crippen molar-refractivity contribution in [3.05, 3.63) is 34.4 Å². The number of carbonyl (C=O) groups excluding carboxylic acids is 2. The molecule has 2 aliphatic rings. The SMILES string of the molecule is CCCNC(=O)CN1CCN(C(=O)C2=Cc3cc(Cl)ccc3OC2)CC1. The summed E-state index contributed by atoms with van der Waals surface area (Å²) in [4.78, 5) is 28.5. The molecule has 7 heteroatoms. The second-order valence-corrected chi connectivity index (χ2v) is 7.00. The quantitative estimate of drug-likeness (QED) is 0.849. The molecule has 1 saturated heterocycles. The van der Waals surface area contributed by atoms with E-state index in [4.69, 9.17) is 16.3 Å². The van der Waals surface area contributed by atoms with Gasteiger partial charge in [0.05, 0.1) is 12.1 Å². The molecule has 1 aromatic rings. The molecule has 1 aromatic carbocycles. The van der Waals surface area contributed by atoms with Crippen molar-refractivity contribution >= 4 is 29.5 Å². The number of ether oxygens (including phenoxy) is 1. The van der Waals surface area contributed by atoms with Crippen LogP contribution in [0.5, 0.6) is 5.75 Å². The van der Waals surface area contributed by atoms with E-state index < -0.39 is 0 Å². The highest BCUT2D eigenvalue weighted by molar-refractivity contribution is 6.30. The molecule has 0 radical (unpaired) electrons. The topological polar surface area (TPSA) is 61.9 Å². The molecular formula is C19H24ClN3O3. The molecule has 0 bridgehead atoms. The van der Waals surface area contributed by atoms with Gasteiger partial charge in [-0.25, -0.2) is 0 Å². The molecule has 0 aromatic heterocycles. The molecule has 0 atom stereocenters. The van der Waals surface area contributed by atoms with Crippen molar-refractivity contribution < 1.29 is 14.3 Å². The lowest BCUT2D eigenvalue weighted by Gasteiger charge is -2.35. The molecule has 26 heavy (non-hydrogen) atoms. The van der Waals surface area contributed by atoms with Crippen LogP contribution in [0.2, 0.25) is 5.02 Å². The van der Waals surface area contributed by atoms with Crippen LogP contribution in [0, 0.1) is 0 Å². The number of halogens is 1. The van der Waals surface area contributed by atoms with Crippen LogP contribution in [0.4, 0.5) is 0 Å². The third kappa shape index (κ3) is 4.56. The van der Waals surface area contributed by atoms with Crippen molar-refractivity contribution in [2.24, 2.45) is 0 Å². The Labute approximate surface area is 158 Å². The largest absolute Gasteiger partial charge is 0.488 e. The smallest absolute Gasteiger partial charge is 0.253 e. The molecule has 0 aliphatic carbocycles. The van der Waals surface area contributed by atoms with Gasteiger partial charge in [0.1, 0.15) is 12.4 Å². The maximum absolute atomic E-state index is 12.8. The van der Waals surface area contributed by atoms with E-state index >= 15 is 0 Å². The van der Waals surface area contributed by atoms with Gasteiger partial charge in [-0.3, -0.25) is 14.5 Å². The van der Waals surface area contributed by atoms with Gasteiger partial charge in [-0.1, -0.05) is 18.5 Å². The van der Waals surface area contributed by atoms with E-state index in [0.29, 0.717) is 49.9 Å². The van der Waals surface area contributed by atoms with E-state index in [0.717, 1.165) is 17.7 Å². The maximum Gasteiger partial charge on any atom is 0.253 e. The average molecular weight is 378 g/mol.